The third-order valence-electron chi connectivity index (χ3n) is 3.91. The summed E-state index contributed by atoms with van der Waals surface area (Å²) in [7, 11) is 0. The molecule has 0 bridgehead atoms. The lowest BCUT2D eigenvalue weighted by Crippen LogP contribution is -1.98. The van der Waals surface area contributed by atoms with Gasteiger partial charge in [-0.2, -0.15) is 5.10 Å². The van der Waals surface area contributed by atoms with Crippen LogP contribution in [0.3, 0.4) is 0 Å². The Labute approximate surface area is 145 Å². The van der Waals surface area contributed by atoms with Crippen LogP contribution in [0.5, 0.6) is 0 Å². The van der Waals surface area contributed by atoms with E-state index in [1.807, 2.05) is 35.0 Å². The third-order valence-corrected chi connectivity index (χ3v) is 4.98. The number of hydrogen-bond donors (Lipinski definition) is 0. The first-order chi connectivity index (χ1) is 11.8. The molecule has 3 nitrogen and oxygen atoms in total. The van der Waals surface area contributed by atoms with Gasteiger partial charge < -0.3 is 0 Å². The average molecular weight is 331 g/mol. The first-order valence-electron chi connectivity index (χ1n) is 7.89. The van der Waals surface area contributed by atoms with E-state index in [-0.39, 0.29) is 0 Å². The zero-order chi connectivity index (χ0) is 16.4. The van der Waals surface area contributed by atoms with Crippen molar-refractivity contribution in [3.8, 4) is 11.3 Å². The molecule has 0 radical (unpaired) electrons. The Morgan fingerprint density at radius 3 is 2.42 bits per heavy atom. The molecule has 4 heteroatoms. The van der Waals surface area contributed by atoms with Crippen molar-refractivity contribution in [2.75, 3.05) is 0 Å². The second-order valence-electron chi connectivity index (χ2n) is 5.68. The van der Waals surface area contributed by atoms with Gasteiger partial charge in [0.2, 0.25) is 0 Å². The monoisotopic (exact) mass is 331 g/mol. The number of hydrogen-bond acceptors (Lipinski definition) is 3. The minimum atomic E-state index is 0.910. The summed E-state index contributed by atoms with van der Waals surface area (Å²) in [5.41, 5.74) is 5.43. The largest absolute Gasteiger partial charge is 0.228 e. The van der Waals surface area contributed by atoms with Gasteiger partial charge in [-0.3, -0.25) is 0 Å². The molecule has 0 fully saturated rings. The summed E-state index contributed by atoms with van der Waals surface area (Å²) < 4.78 is 1.94. The Balaban J connectivity index is 1.76. The lowest BCUT2D eigenvalue weighted by molar-refractivity contribution is 0.844. The number of benzene rings is 2. The summed E-state index contributed by atoms with van der Waals surface area (Å²) in [5, 5.41) is 5.61. The molecule has 0 aliphatic carbocycles. The number of thioether (sulfide) groups is 1. The van der Waals surface area contributed by atoms with Crippen molar-refractivity contribution in [2.24, 2.45) is 0 Å². The molecule has 0 atom stereocenters. The standard InChI is InChI=1S/C20H17N3S/c1-15-13-21-23-19(24-14-16-8-4-2-5-9-16)12-18(22-20(15)23)17-10-6-3-7-11-17/h2-13H,14H2,1H3. The van der Waals surface area contributed by atoms with E-state index in [0.717, 1.165) is 33.2 Å². The van der Waals surface area contributed by atoms with Crippen molar-refractivity contribution in [3.63, 3.8) is 0 Å². The Morgan fingerprint density at radius 1 is 0.958 bits per heavy atom. The summed E-state index contributed by atoms with van der Waals surface area (Å²) in [6.07, 6.45) is 1.88. The van der Waals surface area contributed by atoms with Crippen LogP contribution in [-0.4, -0.2) is 14.6 Å². The summed E-state index contributed by atoms with van der Waals surface area (Å²) in [6.45, 7) is 2.05. The van der Waals surface area contributed by atoms with Crippen molar-refractivity contribution in [2.45, 2.75) is 17.7 Å². The maximum Gasteiger partial charge on any atom is 0.159 e. The van der Waals surface area contributed by atoms with Gasteiger partial charge in [0.15, 0.2) is 5.65 Å². The molecule has 0 saturated carbocycles. The molecule has 2 aromatic carbocycles. The highest BCUT2D eigenvalue weighted by Crippen LogP contribution is 2.28. The molecule has 2 heterocycles. The summed E-state index contributed by atoms with van der Waals surface area (Å²) in [5.74, 6) is 0.910. The Hall–Kier alpha value is -2.59. The minimum Gasteiger partial charge on any atom is -0.228 e. The van der Waals surface area contributed by atoms with Gasteiger partial charge in [-0.05, 0) is 18.6 Å². The van der Waals surface area contributed by atoms with E-state index < -0.39 is 0 Å². The van der Waals surface area contributed by atoms with E-state index in [0.29, 0.717) is 0 Å². The van der Waals surface area contributed by atoms with Gasteiger partial charge in [0.1, 0.15) is 5.03 Å². The lowest BCUT2D eigenvalue weighted by atomic mass is 10.1. The van der Waals surface area contributed by atoms with E-state index in [1.165, 1.54) is 5.56 Å². The van der Waals surface area contributed by atoms with Crippen LogP contribution in [0, 0.1) is 6.92 Å². The van der Waals surface area contributed by atoms with Gasteiger partial charge in [0, 0.05) is 16.9 Å². The fourth-order valence-electron chi connectivity index (χ4n) is 2.64. The van der Waals surface area contributed by atoms with Crippen LogP contribution in [0.15, 0.2) is 78.0 Å². The molecule has 118 valence electrons. The summed E-state index contributed by atoms with van der Waals surface area (Å²) >= 11 is 1.79. The molecule has 0 unspecified atom stereocenters. The summed E-state index contributed by atoms with van der Waals surface area (Å²) in [6, 6.07) is 22.9. The quantitative estimate of drug-likeness (QED) is 0.389. The van der Waals surface area contributed by atoms with Crippen LogP contribution in [0.4, 0.5) is 0 Å². The first-order valence-corrected chi connectivity index (χ1v) is 8.87. The van der Waals surface area contributed by atoms with Gasteiger partial charge in [0.25, 0.3) is 0 Å². The number of aryl methyl sites for hydroxylation is 1. The zero-order valence-corrected chi connectivity index (χ0v) is 14.2. The smallest absolute Gasteiger partial charge is 0.159 e. The first kappa shape index (κ1) is 15.0. The molecule has 0 amide bonds. The molecule has 0 spiro atoms. The highest BCUT2D eigenvalue weighted by Gasteiger charge is 2.11. The molecule has 0 aliphatic heterocycles. The maximum atomic E-state index is 4.81. The second kappa shape index (κ2) is 6.49. The third kappa shape index (κ3) is 2.93. The average Bonchev–Trinajstić information content (AvgIpc) is 3.02. The molecule has 0 N–H and O–H groups in total. The normalized spacial score (nSPS) is 11.0. The second-order valence-corrected chi connectivity index (χ2v) is 6.68. The summed E-state index contributed by atoms with van der Waals surface area (Å²) in [4.78, 5) is 4.81. The van der Waals surface area contributed by atoms with Gasteiger partial charge in [-0.15, -0.1) is 11.8 Å². The maximum absolute atomic E-state index is 4.81. The number of nitrogens with zero attached hydrogens (tertiary/aromatic N) is 3. The molecular weight excluding hydrogens is 314 g/mol. The molecule has 0 aliphatic rings. The molecule has 2 aromatic heterocycles. The minimum absolute atomic E-state index is 0.910. The SMILES string of the molecule is Cc1cnn2c(SCc3ccccc3)cc(-c3ccccc3)nc12. The van der Waals surface area contributed by atoms with Gasteiger partial charge in [-0.25, -0.2) is 9.50 Å². The molecule has 24 heavy (non-hydrogen) atoms. The van der Waals surface area contributed by atoms with Crippen molar-refractivity contribution in [1.29, 1.82) is 0 Å². The Bertz CT molecular complexity index is 962. The molecule has 4 rings (SSSR count). The lowest BCUT2D eigenvalue weighted by Gasteiger charge is -2.08. The van der Waals surface area contributed by atoms with Gasteiger partial charge in [0.05, 0.1) is 11.9 Å². The van der Waals surface area contributed by atoms with E-state index >= 15 is 0 Å². The van der Waals surface area contributed by atoms with Crippen LogP contribution in [0.25, 0.3) is 16.9 Å². The fourth-order valence-corrected chi connectivity index (χ4v) is 3.59. The van der Waals surface area contributed by atoms with E-state index in [9.17, 15) is 0 Å². The number of fused-ring (bicyclic) bond motifs is 1. The van der Waals surface area contributed by atoms with Gasteiger partial charge >= 0.3 is 0 Å². The Morgan fingerprint density at radius 2 is 1.67 bits per heavy atom. The van der Waals surface area contributed by atoms with Crippen LogP contribution in [0.1, 0.15) is 11.1 Å². The fraction of sp³-hybridized carbons (Fsp3) is 0.100. The molecule has 0 saturated heterocycles. The predicted molar refractivity (Wildman–Crippen MR) is 99.2 cm³/mol. The van der Waals surface area contributed by atoms with Crippen LogP contribution in [-0.2, 0) is 5.75 Å². The molecular formula is C20H17N3S. The topological polar surface area (TPSA) is 30.2 Å². The highest BCUT2D eigenvalue weighted by molar-refractivity contribution is 7.98. The number of aromatic nitrogens is 3. The van der Waals surface area contributed by atoms with Crippen molar-refractivity contribution in [1.82, 2.24) is 14.6 Å². The van der Waals surface area contributed by atoms with Crippen molar-refractivity contribution in [3.05, 3.63) is 84.1 Å². The Kier molecular flexibility index (Phi) is 4.05. The van der Waals surface area contributed by atoms with Crippen molar-refractivity contribution >= 4 is 17.4 Å². The van der Waals surface area contributed by atoms with E-state index in [2.05, 4.69) is 54.5 Å². The van der Waals surface area contributed by atoms with Gasteiger partial charge in [-0.1, -0.05) is 60.7 Å². The predicted octanol–water partition coefficient (Wildman–Crippen LogP) is 5.00. The molecule has 4 aromatic rings. The zero-order valence-electron chi connectivity index (χ0n) is 13.4. The van der Waals surface area contributed by atoms with Crippen LogP contribution in [0.2, 0.25) is 0 Å². The van der Waals surface area contributed by atoms with E-state index in [1.54, 1.807) is 11.8 Å². The number of rotatable bonds is 4. The van der Waals surface area contributed by atoms with Crippen LogP contribution < -0.4 is 0 Å². The van der Waals surface area contributed by atoms with Crippen molar-refractivity contribution < 1.29 is 0 Å². The highest BCUT2D eigenvalue weighted by atomic mass is 32.2. The van der Waals surface area contributed by atoms with Crippen LogP contribution >= 0.6 is 11.8 Å². The van der Waals surface area contributed by atoms with E-state index in [4.69, 9.17) is 4.98 Å².